The molecule has 0 bridgehead atoms. The topological polar surface area (TPSA) is 120 Å². The number of fused-ring (bicyclic) bond motifs is 1. The lowest BCUT2D eigenvalue weighted by Gasteiger charge is -2.25. The molecule has 3 aromatic heterocycles. The average molecular weight is 412 g/mol. The summed E-state index contributed by atoms with van der Waals surface area (Å²) in [5.74, 6) is -0.219. The van der Waals surface area contributed by atoms with Crippen LogP contribution in [0.4, 0.5) is 0 Å². The third-order valence-corrected chi connectivity index (χ3v) is 5.45. The number of carbonyl (C=O) groups is 1. The van der Waals surface area contributed by atoms with Gasteiger partial charge in [-0.2, -0.15) is 0 Å². The molecule has 9 nitrogen and oxygen atoms in total. The number of aryl methyl sites for hydroxylation is 3. The lowest BCUT2D eigenvalue weighted by Crippen LogP contribution is -2.33. The van der Waals surface area contributed by atoms with Gasteiger partial charge in [-0.1, -0.05) is 5.16 Å². The standard InChI is InChI=1S/C21H24N4O5/c1-12-19(13(2)30-24-12)15-6-7-16-20(23-15)25(14-8-10-29-11-9-14)21(28)17(22-16)4-3-5-18(26)27/h6-7,14H,3-5,8-11H2,1-2H3,(H,26,27). The molecule has 30 heavy (non-hydrogen) atoms. The highest BCUT2D eigenvalue weighted by molar-refractivity contribution is 5.76. The maximum Gasteiger partial charge on any atom is 0.303 e. The number of pyridine rings is 1. The highest BCUT2D eigenvalue weighted by Gasteiger charge is 2.23. The summed E-state index contributed by atoms with van der Waals surface area (Å²) < 4.78 is 12.5. The summed E-state index contributed by atoms with van der Waals surface area (Å²) in [6.45, 7) is 4.85. The van der Waals surface area contributed by atoms with E-state index in [0.717, 1.165) is 11.3 Å². The molecule has 1 fully saturated rings. The molecule has 9 heteroatoms. The van der Waals surface area contributed by atoms with Gasteiger partial charge in [0.25, 0.3) is 5.56 Å². The molecule has 4 rings (SSSR count). The molecule has 0 unspecified atom stereocenters. The van der Waals surface area contributed by atoms with Crippen LogP contribution in [-0.2, 0) is 16.0 Å². The highest BCUT2D eigenvalue weighted by Crippen LogP contribution is 2.28. The quantitative estimate of drug-likeness (QED) is 0.656. The van der Waals surface area contributed by atoms with E-state index in [1.165, 1.54) is 0 Å². The molecule has 1 N–H and O–H groups in total. The zero-order valence-corrected chi connectivity index (χ0v) is 17.1. The van der Waals surface area contributed by atoms with Crippen LogP contribution < -0.4 is 5.56 Å². The van der Waals surface area contributed by atoms with Gasteiger partial charge < -0.3 is 14.4 Å². The molecule has 0 spiro atoms. The highest BCUT2D eigenvalue weighted by atomic mass is 16.5. The Morgan fingerprint density at radius 1 is 1.23 bits per heavy atom. The number of nitrogens with zero attached hydrogens (tertiary/aromatic N) is 4. The van der Waals surface area contributed by atoms with Crippen LogP contribution in [0.2, 0.25) is 0 Å². The Morgan fingerprint density at radius 3 is 2.67 bits per heavy atom. The molecule has 158 valence electrons. The summed E-state index contributed by atoms with van der Waals surface area (Å²) in [6.07, 6.45) is 2.10. The van der Waals surface area contributed by atoms with Gasteiger partial charge in [-0.15, -0.1) is 0 Å². The fraction of sp³-hybridized carbons (Fsp3) is 0.476. The number of carboxylic acids is 1. The second kappa shape index (κ2) is 8.35. The second-order valence-electron chi connectivity index (χ2n) is 7.56. The number of carboxylic acid groups (broad SMARTS) is 1. The predicted molar refractivity (Wildman–Crippen MR) is 108 cm³/mol. The van der Waals surface area contributed by atoms with Gasteiger partial charge in [0.1, 0.15) is 17.0 Å². The van der Waals surface area contributed by atoms with Crippen molar-refractivity contribution in [1.29, 1.82) is 0 Å². The number of hydrogen-bond acceptors (Lipinski definition) is 7. The second-order valence-corrected chi connectivity index (χ2v) is 7.56. The van der Waals surface area contributed by atoms with E-state index in [4.69, 9.17) is 19.4 Å². The van der Waals surface area contributed by atoms with E-state index >= 15 is 0 Å². The van der Waals surface area contributed by atoms with Crippen molar-refractivity contribution in [2.75, 3.05) is 13.2 Å². The Labute approximate surface area is 172 Å². The van der Waals surface area contributed by atoms with Crippen molar-refractivity contribution in [3.05, 3.63) is 39.6 Å². The van der Waals surface area contributed by atoms with Crippen LogP contribution in [0.15, 0.2) is 21.5 Å². The van der Waals surface area contributed by atoms with Gasteiger partial charge in [0, 0.05) is 25.7 Å². The van der Waals surface area contributed by atoms with E-state index in [2.05, 4.69) is 10.1 Å². The molecule has 0 saturated carbocycles. The van der Waals surface area contributed by atoms with Crippen LogP contribution in [0.3, 0.4) is 0 Å². The van der Waals surface area contributed by atoms with Crippen molar-refractivity contribution < 1.29 is 19.2 Å². The first kappa shape index (κ1) is 20.2. The van der Waals surface area contributed by atoms with Crippen molar-refractivity contribution >= 4 is 17.1 Å². The van der Waals surface area contributed by atoms with Crippen molar-refractivity contribution in [1.82, 2.24) is 19.7 Å². The zero-order valence-electron chi connectivity index (χ0n) is 17.1. The minimum atomic E-state index is -0.883. The number of hydrogen-bond donors (Lipinski definition) is 1. The summed E-state index contributed by atoms with van der Waals surface area (Å²) in [6, 6.07) is 3.66. The Kier molecular flexibility index (Phi) is 5.63. The van der Waals surface area contributed by atoms with Gasteiger partial charge in [-0.3, -0.25) is 14.2 Å². The number of aliphatic carboxylic acids is 1. The molecular formula is C21H24N4O5. The van der Waals surface area contributed by atoms with Crippen molar-refractivity contribution in [3.63, 3.8) is 0 Å². The number of rotatable bonds is 6. The van der Waals surface area contributed by atoms with E-state index in [0.29, 0.717) is 67.2 Å². The van der Waals surface area contributed by atoms with Crippen LogP contribution in [0, 0.1) is 13.8 Å². The molecule has 0 radical (unpaired) electrons. The molecule has 0 aliphatic carbocycles. The fourth-order valence-corrected chi connectivity index (χ4v) is 3.97. The van der Waals surface area contributed by atoms with E-state index in [1.54, 1.807) is 4.57 Å². The minimum Gasteiger partial charge on any atom is -0.481 e. The van der Waals surface area contributed by atoms with Gasteiger partial charge in [0.15, 0.2) is 5.65 Å². The smallest absolute Gasteiger partial charge is 0.303 e. The molecule has 4 heterocycles. The van der Waals surface area contributed by atoms with Gasteiger partial charge in [-0.05, 0) is 51.7 Å². The normalized spacial score (nSPS) is 15.0. The van der Waals surface area contributed by atoms with Crippen LogP contribution in [0.5, 0.6) is 0 Å². The van der Waals surface area contributed by atoms with E-state index < -0.39 is 5.97 Å². The minimum absolute atomic E-state index is 0.000341. The monoisotopic (exact) mass is 412 g/mol. The first-order valence-corrected chi connectivity index (χ1v) is 10.1. The van der Waals surface area contributed by atoms with Gasteiger partial charge in [0.05, 0.1) is 17.0 Å². The largest absolute Gasteiger partial charge is 0.481 e. The molecule has 1 aliphatic heterocycles. The van der Waals surface area contributed by atoms with E-state index in [1.807, 2.05) is 26.0 Å². The van der Waals surface area contributed by atoms with Gasteiger partial charge in [0.2, 0.25) is 0 Å². The third-order valence-electron chi connectivity index (χ3n) is 5.45. The van der Waals surface area contributed by atoms with Crippen LogP contribution in [-0.4, -0.2) is 44.0 Å². The molecule has 3 aromatic rings. The maximum absolute atomic E-state index is 13.3. The van der Waals surface area contributed by atoms with Crippen LogP contribution in [0.1, 0.15) is 48.9 Å². The van der Waals surface area contributed by atoms with Crippen LogP contribution >= 0.6 is 0 Å². The Balaban J connectivity index is 1.86. The Morgan fingerprint density at radius 2 is 2.00 bits per heavy atom. The summed E-state index contributed by atoms with van der Waals surface area (Å²) in [7, 11) is 0. The van der Waals surface area contributed by atoms with E-state index in [9.17, 15) is 9.59 Å². The first-order chi connectivity index (χ1) is 14.5. The first-order valence-electron chi connectivity index (χ1n) is 10.1. The molecule has 0 aromatic carbocycles. The Bertz CT molecular complexity index is 1120. The van der Waals surface area contributed by atoms with Crippen molar-refractivity contribution in [3.8, 4) is 11.3 Å². The summed E-state index contributed by atoms with van der Waals surface area (Å²) in [5.41, 5.74) is 3.53. The van der Waals surface area contributed by atoms with Crippen molar-refractivity contribution in [2.45, 2.75) is 52.0 Å². The SMILES string of the molecule is Cc1noc(C)c1-c1ccc2nc(CCCC(=O)O)c(=O)n(C3CCOCC3)c2n1. The average Bonchev–Trinajstić information content (AvgIpc) is 3.06. The third kappa shape index (κ3) is 3.85. The lowest BCUT2D eigenvalue weighted by atomic mass is 10.1. The Hall–Kier alpha value is -3.07. The summed E-state index contributed by atoms with van der Waals surface area (Å²) in [4.78, 5) is 33.5. The van der Waals surface area contributed by atoms with Gasteiger partial charge >= 0.3 is 5.97 Å². The zero-order chi connectivity index (χ0) is 21.3. The molecule has 0 atom stereocenters. The number of aromatic nitrogens is 4. The maximum atomic E-state index is 13.3. The van der Waals surface area contributed by atoms with Gasteiger partial charge in [-0.25, -0.2) is 9.97 Å². The van der Waals surface area contributed by atoms with Crippen LogP contribution in [0.25, 0.3) is 22.4 Å². The molecule has 1 aliphatic rings. The lowest BCUT2D eigenvalue weighted by molar-refractivity contribution is -0.137. The predicted octanol–water partition coefficient (Wildman–Crippen LogP) is 2.82. The number of ether oxygens (including phenoxy) is 1. The van der Waals surface area contributed by atoms with E-state index in [-0.39, 0.29) is 18.0 Å². The van der Waals surface area contributed by atoms with Crippen molar-refractivity contribution in [2.24, 2.45) is 0 Å². The fourth-order valence-electron chi connectivity index (χ4n) is 3.97. The summed E-state index contributed by atoms with van der Waals surface area (Å²) in [5, 5.41) is 12.9. The molecule has 0 amide bonds. The summed E-state index contributed by atoms with van der Waals surface area (Å²) >= 11 is 0. The molecular weight excluding hydrogens is 388 g/mol. The molecule has 1 saturated heterocycles.